The highest BCUT2D eigenvalue weighted by molar-refractivity contribution is 5.93. The van der Waals surface area contributed by atoms with Crippen LogP contribution < -0.4 is 10.6 Å². The summed E-state index contributed by atoms with van der Waals surface area (Å²) in [7, 11) is 0. The SMILES string of the molecule is Cc1nc(Nc2ccc(F)cc2F)cc(C(=O)NCc2ccc(F)cc2)n1. The predicted molar refractivity (Wildman–Crippen MR) is 94.0 cm³/mol. The molecule has 0 atom stereocenters. The molecule has 3 aromatic rings. The van der Waals surface area contributed by atoms with E-state index in [1.54, 1.807) is 19.1 Å². The van der Waals surface area contributed by atoms with E-state index in [4.69, 9.17) is 0 Å². The van der Waals surface area contributed by atoms with Crippen molar-refractivity contribution in [2.45, 2.75) is 13.5 Å². The molecular formula is C19H15F3N4O. The van der Waals surface area contributed by atoms with Crippen LogP contribution in [-0.2, 0) is 6.54 Å². The van der Waals surface area contributed by atoms with Gasteiger partial charge in [0.05, 0.1) is 5.69 Å². The minimum absolute atomic E-state index is 0.0205. The molecule has 0 saturated heterocycles. The monoisotopic (exact) mass is 372 g/mol. The van der Waals surface area contributed by atoms with Crippen LogP contribution in [0.15, 0.2) is 48.5 Å². The summed E-state index contributed by atoms with van der Waals surface area (Å²) in [4.78, 5) is 20.5. The number of nitrogens with zero attached hydrogens (tertiary/aromatic N) is 2. The van der Waals surface area contributed by atoms with E-state index < -0.39 is 17.5 Å². The van der Waals surface area contributed by atoms with Gasteiger partial charge in [-0.05, 0) is 36.8 Å². The summed E-state index contributed by atoms with van der Waals surface area (Å²) in [5.41, 5.74) is 0.823. The highest BCUT2D eigenvalue weighted by Gasteiger charge is 2.12. The molecule has 1 heterocycles. The lowest BCUT2D eigenvalue weighted by Crippen LogP contribution is -2.24. The first-order chi connectivity index (χ1) is 12.9. The lowest BCUT2D eigenvalue weighted by Gasteiger charge is -2.10. The number of benzene rings is 2. The zero-order valence-electron chi connectivity index (χ0n) is 14.3. The molecule has 3 rings (SSSR count). The minimum Gasteiger partial charge on any atom is -0.347 e. The summed E-state index contributed by atoms with van der Waals surface area (Å²) in [5, 5.41) is 5.37. The summed E-state index contributed by atoms with van der Waals surface area (Å²) in [6.45, 7) is 1.78. The van der Waals surface area contributed by atoms with Crippen molar-refractivity contribution in [2.24, 2.45) is 0 Å². The highest BCUT2D eigenvalue weighted by atomic mass is 19.1. The van der Waals surface area contributed by atoms with Crippen LogP contribution in [0.3, 0.4) is 0 Å². The van der Waals surface area contributed by atoms with Gasteiger partial charge < -0.3 is 10.6 Å². The Hall–Kier alpha value is -3.42. The molecule has 0 aliphatic rings. The molecule has 0 radical (unpaired) electrons. The lowest BCUT2D eigenvalue weighted by atomic mass is 10.2. The number of rotatable bonds is 5. The first-order valence-electron chi connectivity index (χ1n) is 8.01. The van der Waals surface area contributed by atoms with Crippen molar-refractivity contribution in [1.82, 2.24) is 15.3 Å². The Morgan fingerprint density at radius 1 is 0.963 bits per heavy atom. The van der Waals surface area contributed by atoms with Gasteiger partial charge in [0.2, 0.25) is 0 Å². The third kappa shape index (κ3) is 4.81. The van der Waals surface area contributed by atoms with Crippen LogP contribution in [0.2, 0.25) is 0 Å². The Kier molecular flexibility index (Phi) is 5.35. The van der Waals surface area contributed by atoms with Gasteiger partial charge in [0, 0.05) is 18.7 Å². The molecule has 138 valence electrons. The molecule has 27 heavy (non-hydrogen) atoms. The fourth-order valence-corrected chi connectivity index (χ4v) is 2.35. The Balaban J connectivity index is 1.73. The minimum atomic E-state index is -0.784. The molecule has 0 fully saturated rings. The molecule has 5 nitrogen and oxygen atoms in total. The van der Waals surface area contributed by atoms with Crippen LogP contribution in [0.25, 0.3) is 0 Å². The van der Waals surface area contributed by atoms with Gasteiger partial charge in [-0.2, -0.15) is 0 Å². The lowest BCUT2D eigenvalue weighted by molar-refractivity contribution is 0.0945. The molecule has 1 aromatic heterocycles. The first-order valence-corrected chi connectivity index (χ1v) is 8.01. The first kappa shape index (κ1) is 18.4. The van der Waals surface area contributed by atoms with E-state index >= 15 is 0 Å². The molecular weight excluding hydrogens is 357 g/mol. The van der Waals surface area contributed by atoms with E-state index in [1.165, 1.54) is 24.3 Å². The largest absolute Gasteiger partial charge is 0.347 e. The van der Waals surface area contributed by atoms with Crippen LogP contribution in [0, 0.1) is 24.4 Å². The number of halogens is 3. The van der Waals surface area contributed by atoms with E-state index in [-0.39, 0.29) is 29.6 Å². The Morgan fingerprint density at radius 2 is 1.67 bits per heavy atom. The number of aryl methyl sites for hydroxylation is 1. The number of amides is 1. The Morgan fingerprint density at radius 3 is 2.37 bits per heavy atom. The van der Waals surface area contributed by atoms with Crippen molar-refractivity contribution < 1.29 is 18.0 Å². The van der Waals surface area contributed by atoms with Crippen molar-refractivity contribution in [2.75, 3.05) is 5.32 Å². The number of hydrogen-bond donors (Lipinski definition) is 2. The maximum absolute atomic E-state index is 13.8. The molecule has 0 saturated carbocycles. The van der Waals surface area contributed by atoms with Crippen LogP contribution >= 0.6 is 0 Å². The van der Waals surface area contributed by atoms with E-state index in [1.807, 2.05) is 0 Å². The van der Waals surface area contributed by atoms with E-state index in [2.05, 4.69) is 20.6 Å². The molecule has 0 spiro atoms. The molecule has 0 aliphatic heterocycles. The molecule has 0 aliphatic carbocycles. The van der Waals surface area contributed by atoms with Crippen LogP contribution in [0.5, 0.6) is 0 Å². The zero-order chi connectivity index (χ0) is 19.4. The predicted octanol–water partition coefficient (Wildman–Crippen LogP) is 3.88. The number of anilines is 2. The number of hydrogen-bond acceptors (Lipinski definition) is 4. The van der Waals surface area contributed by atoms with Crippen molar-refractivity contribution in [3.8, 4) is 0 Å². The second kappa shape index (κ2) is 7.86. The smallest absolute Gasteiger partial charge is 0.270 e. The molecule has 0 bridgehead atoms. The maximum atomic E-state index is 13.8. The molecule has 2 aromatic carbocycles. The third-order valence-corrected chi connectivity index (χ3v) is 3.63. The van der Waals surface area contributed by atoms with Crippen LogP contribution in [-0.4, -0.2) is 15.9 Å². The van der Waals surface area contributed by atoms with E-state index in [0.717, 1.165) is 17.7 Å². The Labute approximate surface area is 153 Å². The van der Waals surface area contributed by atoms with E-state index in [0.29, 0.717) is 5.82 Å². The van der Waals surface area contributed by atoms with Crippen LogP contribution in [0.1, 0.15) is 21.9 Å². The van der Waals surface area contributed by atoms with Gasteiger partial charge in [-0.1, -0.05) is 12.1 Å². The fourth-order valence-electron chi connectivity index (χ4n) is 2.35. The fraction of sp³-hybridized carbons (Fsp3) is 0.105. The van der Waals surface area contributed by atoms with Crippen molar-refractivity contribution in [3.05, 3.63) is 83.1 Å². The van der Waals surface area contributed by atoms with Crippen molar-refractivity contribution in [3.63, 3.8) is 0 Å². The molecule has 0 unspecified atom stereocenters. The van der Waals surface area contributed by atoms with Crippen molar-refractivity contribution >= 4 is 17.4 Å². The van der Waals surface area contributed by atoms with Gasteiger partial charge in [-0.25, -0.2) is 23.1 Å². The molecule has 8 heteroatoms. The average Bonchev–Trinajstić information content (AvgIpc) is 2.63. The summed E-state index contributed by atoms with van der Waals surface area (Å²) in [6.07, 6.45) is 0. The van der Waals surface area contributed by atoms with Crippen molar-refractivity contribution in [1.29, 1.82) is 0 Å². The molecule has 2 N–H and O–H groups in total. The summed E-state index contributed by atoms with van der Waals surface area (Å²) in [5.74, 6) is -1.81. The molecule has 1 amide bonds. The third-order valence-electron chi connectivity index (χ3n) is 3.63. The topological polar surface area (TPSA) is 66.9 Å². The van der Waals surface area contributed by atoms with Crippen LogP contribution in [0.4, 0.5) is 24.7 Å². The summed E-state index contributed by atoms with van der Waals surface area (Å²) >= 11 is 0. The quantitative estimate of drug-likeness (QED) is 0.713. The number of aromatic nitrogens is 2. The number of nitrogens with one attached hydrogen (secondary N) is 2. The van der Waals surface area contributed by atoms with Gasteiger partial charge >= 0.3 is 0 Å². The van der Waals surface area contributed by atoms with Gasteiger partial charge in [-0.15, -0.1) is 0 Å². The number of carbonyl (C=O) groups is 1. The highest BCUT2D eigenvalue weighted by Crippen LogP contribution is 2.20. The van der Waals surface area contributed by atoms with Gasteiger partial charge in [0.1, 0.15) is 34.8 Å². The number of carbonyl (C=O) groups excluding carboxylic acids is 1. The second-order valence-electron chi connectivity index (χ2n) is 5.74. The maximum Gasteiger partial charge on any atom is 0.270 e. The summed E-state index contributed by atoms with van der Waals surface area (Å²) < 4.78 is 39.7. The summed E-state index contributed by atoms with van der Waals surface area (Å²) in [6, 6.07) is 10.2. The van der Waals surface area contributed by atoms with Gasteiger partial charge in [-0.3, -0.25) is 4.79 Å². The second-order valence-corrected chi connectivity index (χ2v) is 5.74. The normalized spacial score (nSPS) is 10.5. The Bertz CT molecular complexity index is 977. The zero-order valence-corrected chi connectivity index (χ0v) is 14.3. The van der Waals surface area contributed by atoms with Gasteiger partial charge in [0.25, 0.3) is 5.91 Å². The average molecular weight is 372 g/mol. The van der Waals surface area contributed by atoms with E-state index in [9.17, 15) is 18.0 Å². The van der Waals surface area contributed by atoms with Gasteiger partial charge in [0.15, 0.2) is 0 Å². The standard InChI is InChI=1S/C19H15F3N4O/c1-11-24-17(19(27)23-10-12-2-4-13(20)5-3-12)9-18(25-11)26-16-7-6-14(21)8-15(16)22/h2-9H,10H2,1H3,(H,23,27)(H,24,25,26).